The highest BCUT2D eigenvalue weighted by atomic mass is 35.5. The summed E-state index contributed by atoms with van der Waals surface area (Å²) < 4.78 is 13.4. The predicted octanol–water partition coefficient (Wildman–Crippen LogP) is 0.952. The van der Waals surface area contributed by atoms with Crippen LogP contribution in [0.3, 0.4) is 0 Å². The highest BCUT2D eigenvalue weighted by Crippen LogP contribution is 2.20. The first-order valence-corrected chi connectivity index (χ1v) is 5.23. The number of halogens is 2. The fourth-order valence-corrected chi connectivity index (χ4v) is 1.44. The Labute approximate surface area is 111 Å². The van der Waals surface area contributed by atoms with Crippen molar-refractivity contribution < 1.29 is 34.1 Å². The van der Waals surface area contributed by atoms with Gasteiger partial charge in [-0.15, -0.1) is 0 Å². The van der Waals surface area contributed by atoms with Gasteiger partial charge in [0.1, 0.15) is 5.82 Å². The second-order valence-corrected chi connectivity index (χ2v) is 4.13. The van der Waals surface area contributed by atoms with Crippen LogP contribution >= 0.6 is 11.6 Å². The number of carbonyl (C=O) groups excluding carboxylic acids is 1. The molecule has 8 heteroatoms. The Morgan fingerprint density at radius 1 is 1.21 bits per heavy atom. The number of ketones is 1. The number of hydrogen-bond acceptors (Lipinski definition) is 4. The summed E-state index contributed by atoms with van der Waals surface area (Å²) in [6.45, 7) is 0. The van der Waals surface area contributed by atoms with Crippen molar-refractivity contribution in [3.63, 3.8) is 0 Å². The van der Waals surface area contributed by atoms with Gasteiger partial charge in [-0.1, -0.05) is 11.6 Å². The standard InChI is InChI=1S/C11H8ClFO6/c12-5-1-2-6(7(13)3-5)8(14)4-11(19,9(15)16)10(17)18/h1-3,19H,4H2,(H,15,16)(H,17,18). The molecule has 0 fully saturated rings. The first-order valence-electron chi connectivity index (χ1n) is 4.86. The summed E-state index contributed by atoms with van der Waals surface area (Å²) in [5.41, 5.74) is -3.85. The molecule has 6 nitrogen and oxygen atoms in total. The Morgan fingerprint density at radius 3 is 2.16 bits per heavy atom. The minimum absolute atomic E-state index is 0.0146. The number of hydrogen-bond donors (Lipinski definition) is 3. The average molecular weight is 291 g/mol. The van der Waals surface area contributed by atoms with E-state index in [0.717, 1.165) is 12.1 Å². The zero-order chi connectivity index (χ0) is 14.8. The molecule has 19 heavy (non-hydrogen) atoms. The molecule has 0 atom stereocenters. The van der Waals surface area contributed by atoms with Crippen LogP contribution in [0.15, 0.2) is 18.2 Å². The van der Waals surface area contributed by atoms with Gasteiger partial charge in [0.05, 0.1) is 12.0 Å². The molecule has 0 aromatic heterocycles. The molecular formula is C11H8ClFO6. The van der Waals surface area contributed by atoms with Gasteiger partial charge in [-0.3, -0.25) is 4.79 Å². The van der Waals surface area contributed by atoms with Crippen molar-refractivity contribution >= 4 is 29.3 Å². The molecule has 0 saturated heterocycles. The lowest BCUT2D eigenvalue weighted by atomic mass is 9.94. The summed E-state index contributed by atoms with van der Waals surface area (Å²) in [4.78, 5) is 33.0. The molecule has 0 radical (unpaired) electrons. The second kappa shape index (κ2) is 5.33. The fraction of sp³-hybridized carbons (Fsp3) is 0.182. The van der Waals surface area contributed by atoms with Gasteiger partial charge in [-0.25, -0.2) is 14.0 Å². The highest BCUT2D eigenvalue weighted by molar-refractivity contribution is 6.30. The summed E-state index contributed by atoms with van der Waals surface area (Å²) in [7, 11) is 0. The van der Waals surface area contributed by atoms with Crippen LogP contribution in [0.5, 0.6) is 0 Å². The maximum atomic E-state index is 13.4. The van der Waals surface area contributed by atoms with E-state index in [2.05, 4.69) is 0 Å². The summed E-state index contributed by atoms with van der Waals surface area (Å²) in [5.74, 6) is -6.41. The Balaban J connectivity index is 3.08. The number of carboxylic acid groups (broad SMARTS) is 2. The van der Waals surface area contributed by atoms with Crippen LogP contribution in [0.2, 0.25) is 5.02 Å². The van der Waals surface area contributed by atoms with E-state index in [0.29, 0.717) is 0 Å². The van der Waals surface area contributed by atoms with Gasteiger partial charge in [-0.05, 0) is 18.2 Å². The lowest BCUT2D eigenvalue weighted by molar-refractivity contribution is -0.175. The molecule has 0 aliphatic heterocycles. The number of benzene rings is 1. The molecule has 0 unspecified atom stereocenters. The molecule has 102 valence electrons. The van der Waals surface area contributed by atoms with Gasteiger partial charge >= 0.3 is 11.9 Å². The Bertz CT molecular complexity index is 542. The van der Waals surface area contributed by atoms with E-state index in [4.69, 9.17) is 21.8 Å². The third-order valence-electron chi connectivity index (χ3n) is 2.36. The number of rotatable bonds is 5. The lowest BCUT2D eigenvalue weighted by Crippen LogP contribution is -2.48. The summed E-state index contributed by atoms with van der Waals surface area (Å²) in [5, 5.41) is 26.6. The van der Waals surface area contributed by atoms with Gasteiger partial charge < -0.3 is 15.3 Å². The topological polar surface area (TPSA) is 112 Å². The molecule has 0 amide bonds. The van der Waals surface area contributed by atoms with Crippen LogP contribution in [0, 0.1) is 5.82 Å². The lowest BCUT2D eigenvalue weighted by Gasteiger charge is -2.17. The zero-order valence-corrected chi connectivity index (χ0v) is 10.0. The maximum Gasteiger partial charge on any atom is 0.348 e. The van der Waals surface area contributed by atoms with Crippen molar-refractivity contribution in [1.82, 2.24) is 0 Å². The van der Waals surface area contributed by atoms with Crippen LogP contribution in [-0.4, -0.2) is 38.6 Å². The van der Waals surface area contributed by atoms with Crippen LogP contribution in [-0.2, 0) is 9.59 Å². The van der Waals surface area contributed by atoms with Gasteiger partial charge in [0.25, 0.3) is 5.60 Å². The van der Waals surface area contributed by atoms with Crippen molar-refractivity contribution in [2.75, 3.05) is 0 Å². The van der Waals surface area contributed by atoms with Gasteiger partial charge in [0.2, 0.25) is 0 Å². The number of aliphatic hydroxyl groups is 1. The SMILES string of the molecule is O=C(CC(O)(C(=O)O)C(=O)O)c1ccc(Cl)cc1F. The largest absolute Gasteiger partial charge is 0.479 e. The van der Waals surface area contributed by atoms with Crippen LogP contribution in [0.1, 0.15) is 16.8 Å². The number of carbonyl (C=O) groups is 3. The number of carboxylic acids is 2. The van der Waals surface area contributed by atoms with Crippen molar-refractivity contribution in [2.45, 2.75) is 12.0 Å². The van der Waals surface area contributed by atoms with Crippen LogP contribution in [0.25, 0.3) is 0 Å². The molecule has 0 bridgehead atoms. The minimum Gasteiger partial charge on any atom is -0.479 e. The molecule has 1 rings (SSSR count). The van der Waals surface area contributed by atoms with E-state index in [1.54, 1.807) is 0 Å². The maximum absolute atomic E-state index is 13.4. The second-order valence-electron chi connectivity index (χ2n) is 3.69. The van der Waals surface area contributed by atoms with E-state index in [1.165, 1.54) is 6.07 Å². The minimum atomic E-state index is -3.30. The number of Topliss-reactive ketones (excluding diaryl/α,β-unsaturated/α-hetero) is 1. The van der Waals surface area contributed by atoms with Crippen molar-refractivity contribution in [1.29, 1.82) is 0 Å². The Morgan fingerprint density at radius 2 is 1.74 bits per heavy atom. The summed E-state index contributed by atoms with van der Waals surface area (Å²) >= 11 is 5.47. The molecule has 1 aromatic rings. The highest BCUT2D eigenvalue weighted by Gasteiger charge is 2.46. The van der Waals surface area contributed by atoms with E-state index in [9.17, 15) is 23.9 Å². The Kier molecular flexibility index (Phi) is 4.23. The van der Waals surface area contributed by atoms with Crippen molar-refractivity contribution in [3.05, 3.63) is 34.6 Å². The molecule has 3 N–H and O–H groups in total. The molecule has 0 saturated carbocycles. The molecule has 0 aliphatic carbocycles. The van der Waals surface area contributed by atoms with E-state index in [1.807, 2.05) is 0 Å². The average Bonchev–Trinajstić information content (AvgIpc) is 2.27. The van der Waals surface area contributed by atoms with E-state index < -0.39 is 41.1 Å². The third kappa shape index (κ3) is 3.07. The fourth-order valence-electron chi connectivity index (χ4n) is 1.29. The van der Waals surface area contributed by atoms with Gasteiger partial charge in [0, 0.05) is 5.02 Å². The van der Waals surface area contributed by atoms with Crippen LogP contribution in [0.4, 0.5) is 4.39 Å². The third-order valence-corrected chi connectivity index (χ3v) is 2.59. The predicted molar refractivity (Wildman–Crippen MR) is 60.6 cm³/mol. The zero-order valence-electron chi connectivity index (χ0n) is 9.26. The normalized spacial score (nSPS) is 11.1. The van der Waals surface area contributed by atoms with Crippen molar-refractivity contribution in [3.8, 4) is 0 Å². The van der Waals surface area contributed by atoms with E-state index in [-0.39, 0.29) is 5.02 Å². The molecule has 1 aromatic carbocycles. The first-order chi connectivity index (χ1) is 8.68. The molecule has 0 aliphatic rings. The van der Waals surface area contributed by atoms with Crippen molar-refractivity contribution in [2.24, 2.45) is 0 Å². The molecule has 0 spiro atoms. The summed E-state index contributed by atoms with van der Waals surface area (Å²) in [6, 6.07) is 2.97. The first kappa shape index (κ1) is 15.1. The molecule has 0 heterocycles. The Hall–Kier alpha value is -1.99. The number of aliphatic carboxylic acids is 2. The van der Waals surface area contributed by atoms with Gasteiger partial charge in [-0.2, -0.15) is 0 Å². The molecular weight excluding hydrogens is 283 g/mol. The summed E-state index contributed by atoms with van der Waals surface area (Å²) in [6.07, 6.45) is -1.30. The smallest absolute Gasteiger partial charge is 0.348 e. The quantitative estimate of drug-likeness (QED) is 0.550. The van der Waals surface area contributed by atoms with E-state index >= 15 is 0 Å². The monoisotopic (exact) mass is 290 g/mol. The van der Waals surface area contributed by atoms with Crippen LogP contribution < -0.4 is 0 Å². The van der Waals surface area contributed by atoms with Gasteiger partial charge in [0.15, 0.2) is 5.78 Å².